The van der Waals surface area contributed by atoms with Gasteiger partial charge < -0.3 is 14.8 Å². The first kappa shape index (κ1) is 18.8. The van der Waals surface area contributed by atoms with Crippen molar-refractivity contribution in [2.75, 3.05) is 13.2 Å². The summed E-state index contributed by atoms with van der Waals surface area (Å²) in [5.41, 5.74) is 0.417. The quantitative estimate of drug-likeness (QED) is 0.781. The van der Waals surface area contributed by atoms with Gasteiger partial charge in [0, 0.05) is 10.0 Å². The van der Waals surface area contributed by atoms with E-state index in [1.807, 2.05) is 33.8 Å². The minimum atomic E-state index is -0.637. The summed E-state index contributed by atoms with van der Waals surface area (Å²) < 4.78 is 11.0. The van der Waals surface area contributed by atoms with Gasteiger partial charge in [0.15, 0.2) is 13.2 Å². The van der Waals surface area contributed by atoms with Crippen molar-refractivity contribution in [3.05, 3.63) is 27.2 Å². The second-order valence-corrected chi connectivity index (χ2v) is 7.10. The Labute approximate surface area is 143 Å². The SMILES string of the molecule is Cc1cc(Br)cc(Cl)c1OCC(=O)OCC(=O)NC(C)(C)C. The van der Waals surface area contributed by atoms with Gasteiger partial charge in [-0.15, -0.1) is 0 Å². The Kier molecular flexibility index (Phi) is 6.68. The first-order valence-electron chi connectivity index (χ1n) is 6.63. The minimum absolute atomic E-state index is 0.314. The van der Waals surface area contributed by atoms with Gasteiger partial charge in [0.25, 0.3) is 5.91 Å². The van der Waals surface area contributed by atoms with Crippen molar-refractivity contribution in [3.63, 3.8) is 0 Å². The van der Waals surface area contributed by atoms with E-state index in [1.54, 1.807) is 6.07 Å². The molecule has 0 aliphatic heterocycles. The summed E-state index contributed by atoms with van der Waals surface area (Å²) in [7, 11) is 0. The molecule has 0 aliphatic carbocycles. The number of esters is 1. The topological polar surface area (TPSA) is 64.6 Å². The highest BCUT2D eigenvalue weighted by molar-refractivity contribution is 9.10. The number of hydrogen-bond donors (Lipinski definition) is 1. The third kappa shape index (κ3) is 6.66. The molecule has 0 aliphatic rings. The summed E-state index contributed by atoms with van der Waals surface area (Å²) in [4.78, 5) is 23.1. The predicted octanol–water partition coefficient (Wildman–Crippen LogP) is 3.25. The molecule has 1 amide bonds. The Morgan fingerprint density at radius 1 is 1.27 bits per heavy atom. The molecule has 22 heavy (non-hydrogen) atoms. The van der Waals surface area contributed by atoms with Crippen molar-refractivity contribution < 1.29 is 19.1 Å². The van der Waals surface area contributed by atoms with Crippen LogP contribution in [0.4, 0.5) is 0 Å². The molecule has 1 aromatic rings. The monoisotopic (exact) mass is 391 g/mol. The van der Waals surface area contributed by atoms with Crippen LogP contribution in [-0.2, 0) is 14.3 Å². The number of aryl methyl sites for hydroxylation is 1. The number of hydrogen-bond acceptors (Lipinski definition) is 4. The number of rotatable bonds is 5. The fraction of sp³-hybridized carbons (Fsp3) is 0.467. The second kappa shape index (κ2) is 7.83. The van der Waals surface area contributed by atoms with Crippen molar-refractivity contribution in [1.82, 2.24) is 5.32 Å². The lowest BCUT2D eigenvalue weighted by Crippen LogP contribution is -2.43. The Bertz CT molecular complexity index is 546. The Balaban J connectivity index is 2.46. The molecule has 0 aromatic heterocycles. The van der Waals surface area contributed by atoms with Crippen LogP contribution in [0.2, 0.25) is 5.02 Å². The number of benzene rings is 1. The Morgan fingerprint density at radius 2 is 1.91 bits per heavy atom. The van der Waals surface area contributed by atoms with Crippen molar-refractivity contribution in [2.24, 2.45) is 0 Å². The van der Waals surface area contributed by atoms with E-state index in [0.29, 0.717) is 10.8 Å². The third-order valence-electron chi connectivity index (χ3n) is 2.41. The summed E-state index contributed by atoms with van der Waals surface area (Å²) in [5.74, 6) is -0.581. The van der Waals surface area contributed by atoms with Crippen LogP contribution in [0.15, 0.2) is 16.6 Å². The minimum Gasteiger partial charge on any atom is -0.480 e. The van der Waals surface area contributed by atoms with Gasteiger partial charge in [-0.25, -0.2) is 4.79 Å². The van der Waals surface area contributed by atoms with Gasteiger partial charge in [-0.1, -0.05) is 27.5 Å². The maximum atomic E-state index is 11.6. The van der Waals surface area contributed by atoms with Crippen LogP contribution in [0.1, 0.15) is 26.3 Å². The van der Waals surface area contributed by atoms with E-state index in [9.17, 15) is 9.59 Å². The van der Waals surface area contributed by atoms with Crippen LogP contribution in [-0.4, -0.2) is 30.6 Å². The first-order valence-corrected chi connectivity index (χ1v) is 7.80. The lowest BCUT2D eigenvalue weighted by atomic mass is 10.1. The predicted molar refractivity (Wildman–Crippen MR) is 88.2 cm³/mol. The van der Waals surface area contributed by atoms with E-state index in [0.717, 1.165) is 10.0 Å². The van der Waals surface area contributed by atoms with Gasteiger partial charge in [0.1, 0.15) is 5.75 Å². The van der Waals surface area contributed by atoms with Gasteiger partial charge in [-0.05, 0) is 45.4 Å². The molecular formula is C15H19BrClNO4. The fourth-order valence-corrected chi connectivity index (χ4v) is 2.67. The molecule has 5 nitrogen and oxygen atoms in total. The van der Waals surface area contributed by atoms with Crippen LogP contribution in [0.5, 0.6) is 5.75 Å². The average molecular weight is 393 g/mol. The van der Waals surface area contributed by atoms with Crippen molar-refractivity contribution in [2.45, 2.75) is 33.2 Å². The number of carbonyl (C=O) groups is 2. The van der Waals surface area contributed by atoms with Crippen molar-refractivity contribution >= 4 is 39.4 Å². The summed E-state index contributed by atoms with van der Waals surface area (Å²) in [6.45, 7) is 6.68. The van der Waals surface area contributed by atoms with Gasteiger partial charge in [0.05, 0.1) is 5.02 Å². The zero-order valence-electron chi connectivity index (χ0n) is 13.0. The highest BCUT2D eigenvalue weighted by Gasteiger charge is 2.16. The molecule has 0 radical (unpaired) electrons. The third-order valence-corrected chi connectivity index (χ3v) is 3.15. The van der Waals surface area contributed by atoms with Crippen LogP contribution >= 0.6 is 27.5 Å². The number of carbonyl (C=O) groups excluding carboxylic acids is 2. The summed E-state index contributed by atoms with van der Waals surface area (Å²) >= 11 is 9.36. The summed E-state index contributed by atoms with van der Waals surface area (Å²) in [5, 5.41) is 3.08. The highest BCUT2D eigenvalue weighted by atomic mass is 79.9. The average Bonchev–Trinajstić information content (AvgIpc) is 2.32. The van der Waals surface area contributed by atoms with Crippen LogP contribution < -0.4 is 10.1 Å². The molecule has 1 rings (SSSR count). The molecule has 0 heterocycles. The van der Waals surface area contributed by atoms with Crippen LogP contribution in [0.25, 0.3) is 0 Å². The lowest BCUT2D eigenvalue weighted by Gasteiger charge is -2.20. The largest absolute Gasteiger partial charge is 0.480 e. The zero-order chi connectivity index (χ0) is 16.9. The van der Waals surface area contributed by atoms with E-state index in [-0.39, 0.29) is 24.7 Å². The van der Waals surface area contributed by atoms with Gasteiger partial charge in [-0.2, -0.15) is 0 Å². The van der Waals surface area contributed by atoms with Crippen LogP contribution in [0.3, 0.4) is 0 Å². The number of amides is 1. The lowest BCUT2D eigenvalue weighted by molar-refractivity contribution is -0.150. The van der Waals surface area contributed by atoms with E-state index < -0.39 is 5.97 Å². The molecule has 122 valence electrons. The molecule has 0 bridgehead atoms. The molecule has 1 aromatic carbocycles. The van der Waals surface area contributed by atoms with Gasteiger partial charge >= 0.3 is 5.97 Å². The maximum Gasteiger partial charge on any atom is 0.344 e. The highest BCUT2D eigenvalue weighted by Crippen LogP contribution is 2.31. The standard InChI is InChI=1S/C15H19BrClNO4/c1-9-5-10(16)6-11(17)14(9)22-8-13(20)21-7-12(19)18-15(2,3)4/h5-6H,7-8H2,1-4H3,(H,18,19). The van der Waals surface area contributed by atoms with Gasteiger partial charge in [0.2, 0.25) is 0 Å². The molecule has 0 spiro atoms. The molecule has 0 fully saturated rings. The summed E-state index contributed by atoms with van der Waals surface area (Å²) in [6, 6.07) is 3.50. The number of ether oxygens (including phenoxy) is 2. The molecule has 1 N–H and O–H groups in total. The van der Waals surface area contributed by atoms with Gasteiger partial charge in [-0.3, -0.25) is 4.79 Å². The first-order chi connectivity index (χ1) is 10.1. The van der Waals surface area contributed by atoms with E-state index >= 15 is 0 Å². The Morgan fingerprint density at radius 3 is 2.45 bits per heavy atom. The number of nitrogens with one attached hydrogen (secondary N) is 1. The molecule has 0 saturated carbocycles. The fourth-order valence-electron chi connectivity index (χ4n) is 1.64. The number of halogens is 2. The van der Waals surface area contributed by atoms with Crippen molar-refractivity contribution in [3.8, 4) is 5.75 Å². The zero-order valence-corrected chi connectivity index (χ0v) is 15.3. The van der Waals surface area contributed by atoms with Crippen molar-refractivity contribution in [1.29, 1.82) is 0 Å². The van der Waals surface area contributed by atoms with E-state index in [2.05, 4.69) is 21.2 Å². The normalized spacial score (nSPS) is 11.0. The molecule has 7 heteroatoms. The maximum absolute atomic E-state index is 11.6. The Hall–Kier alpha value is -1.27. The second-order valence-electron chi connectivity index (χ2n) is 5.78. The smallest absolute Gasteiger partial charge is 0.344 e. The van der Waals surface area contributed by atoms with E-state index in [4.69, 9.17) is 21.1 Å². The summed E-state index contributed by atoms with van der Waals surface area (Å²) in [6.07, 6.45) is 0. The van der Waals surface area contributed by atoms with Crippen LogP contribution in [0, 0.1) is 6.92 Å². The molecular weight excluding hydrogens is 374 g/mol. The molecule has 0 unspecified atom stereocenters. The molecule has 0 atom stereocenters. The molecule has 0 saturated heterocycles. The van der Waals surface area contributed by atoms with E-state index in [1.165, 1.54) is 0 Å².